The average molecular weight is 248 g/mol. The minimum atomic E-state index is -3.99. The van der Waals surface area contributed by atoms with Crippen molar-refractivity contribution in [3.05, 3.63) is 29.6 Å². The molecule has 0 heterocycles. The highest BCUT2D eigenvalue weighted by Crippen LogP contribution is 2.18. The Labute approximate surface area is 93.9 Å². The molecule has 0 bridgehead atoms. The van der Waals surface area contributed by atoms with Crippen LogP contribution in [0.2, 0.25) is 0 Å². The van der Waals surface area contributed by atoms with E-state index in [4.69, 9.17) is 0 Å². The van der Waals surface area contributed by atoms with E-state index in [9.17, 15) is 12.8 Å². The summed E-state index contributed by atoms with van der Waals surface area (Å²) in [5.74, 6) is -0.444. The number of benzene rings is 1. The summed E-state index contributed by atoms with van der Waals surface area (Å²) >= 11 is 0. The lowest BCUT2D eigenvalue weighted by atomic mass is 10.2. The van der Waals surface area contributed by atoms with Crippen molar-refractivity contribution in [3.8, 4) is 0 Å². The molecule has 0 aromatic heterocycles. The summed E-state index contributed by atoms with van der Waals surface area (Å²) in [7, 11) is -0.580. The molecule has 7 heteroatoms. The second-order valence-electron chi connectivity index (χ2n) is 3.44. The monoisotopic (exact) mass is 248 g/mol. The van der Waals surface area contributed by atoms with Gasteiger partial charge < -0.3 is 4.90 Å². The van der Waals surface area contributed by atoms with Crippen LogP contribution in [0.5, 0.6) is 0 Å². The summed E-state index contributed by atoms with van der Waals surface area (Å²) < 4.78 is 38.8. The lowest BCUT2D eigenvalue weighted by Gasteiger charge is -2.13. The Bertz CT molecular complexity index is 474. The largest absolute Gasteiger partial charge is 0.375 e. The Balaban J connectivity index is 2.82. The molecule has 0 aliphatic carbocycles. The highest BCUT2D eigenvalue weighted by molar-refractivity contribution is 7.84. The van der Waals surface area contributed by atoms with Gasteiger partial charge in [-0.2, -0.15) is 8.42 Å². The van der Waals surface area contributed by atoms with Gasteiger partial charge in [-0.3, -0.25) is 4.18 Å². The number of halogens is 1. The SMILES string of the molecule is CN(C)c1ccc(COS(N)(=O)=O)cc1F. The molecule has 0 aliphatic heterocycles. The van der Waals surface area contributed by atoms with Crippen molar-refractivity contribution in [1.29, 1.82) is 0 Å². The van der Waals surface area contributed by atoms with Gasteiger partial charge >= 0.3 is 10.3 Å². The third kappa shape index (κ3) is 3.76. The van der Waals surface area contributed by atoms with E-state index in [1.54, 1.807) is 25.1 Å². The van der Waals surface area contributed by atoms with Crippen LogP contribution in [0.3, 0.4) is 0 Å². The lowest BCUT2D eigenvalue weighted by molar-refractivity contribution is 0.308. The molecular weight excluding hydrogens is 235 g/mol. The van der Waals surface area contributed by atoms with Crippen molar-refractivity contribution in [2.45, 2.75) is 6.61 Å². The van der Waals surface area contributed by atoms with Crippen LogP contribution in [0.25, 0.3) is 0 Å². The summed E-state index contributed by atoms with van der Waals surface area (Å²) in [6.45, 7) is -0.274. The van der Waals surface area contributed by atoms with Gasteiger partial charge in [0.05, 0.1) is 12.3 Å². The smallest absolute Gasteiger partial charge is 0.333 e. The third-order valence-corrected chi connectivity index (χ3v) is 2.33. The lowest BCUT2D eigenvalue weighted by Crippen LogP contribution is -2.16. The van der Waals surface area contributed by atoms with E-state index < -0.39 is 16.1 Å². The molecule has 90 valence electrons. The summed E-state index contributed by atoms with van der Waals surface area (Å²) in [6.07, 6.45) is 0. The third-order valence-electron chi connectivity index (χ3n) is 1.88. The zero-order valence-electron chi connectivity index (χ0n) is 8.97. The predicted octanol–water partition coefficient (Wildman–Crippen LogP) is 0.612. The Kier molecular flexibility index (Phi) is 3.84. The molecule has 0 amide bonds. The molecule has 0 aliphatic rings. The second-order valence-corrected chi connectivity index (χ2v) is 4.66. The maximum absolute atomic E-state index is 13.4. The van der Waals surface area contributed by atoms with E-state index in [0.29, 0.717) is 11.3 Å². The van der Waals surface area contributed by atoms with E-state index >= 15 is 0 Å². The summed E-state index contributed by atoms with van der Waals surface area (Å²) in [6, 6.07) is 4.32. The van der Waals surface area contributed by atoms with Crippen LogP contribution >= 0.6 is 0 Å². The Morgan fingerprint density at radius 2 is 2.06 bits per heavy atom. The molecule has 1 aromatic rings. The maximum atomic E-state index is 13.4. The fourth-order valence-electron chi connectivity index (χ4n) is 1.15. The van der Waals surface area contributed by atoms with Crippen LogP contribution in [-0.4, -0.2) is 22.5 Å². The molecule has 0 saturated carbocycles. The standard InChI is InChI=1S/C9H13FN2O3S/c1-12(2)9-4-3-7(5-8(9)10)6-15-16(11,13)14/h3-5H,6H2,1-2H3,(H2,11,13,14). The molecule has 0 fully saturated rings. The Morgan fingerprint density at radius 3 is 2.50 bits per heavy atom. The van der Waals surface area contributed by atoms with Gasteiger partial charge in [-0.15, -0.1) is 0 Å². The van der Waals surface area contributed by atoms with Crippen molar-refractivity contribution in [3.63, 3.8) is 0 Å². The summed E-state index contributed by atoms with van der Waals surface area (Å²) in [5.41, 5.74) is 0.816. The van der Waals surface area contributed by atoms with Gasteiger partial charge in [-0.25, -0.2) is 9.53 Å². The Hall–Kier alpha value is -1.18. The van der Waals surface area contributed by atoms with E-state index in [-0.39, 0.29) is 6.61 Å². The highest BCUT2D eigenvalue weighted by Gasteiger charge is 2.07. The van der Waals surface area contributed by atoms with Crippen LogP contribution in [0.4, 0.5) is 10.1 Å². The number of nitrogens with two attached hydrogens (primary N) is 1. The van der Waals surface area contributed by atoms with Crippen molar-refractivity contribution >= 4 is 16.0 Å². The van der Waals surface area contributed by atoms with E-state index in [1.807, 2.05) is 0 Å². The van der Waals surface area contributed by atoms with Crippen molar-refractivity contribution in [2.24, 2.45) is 5.14 Å². The van der Waals surface area contributed by atoms with Gasteiger partial charge in [0.25, 0.3) is 0 Å². The molecule has 0 atom stereocenters. The minimum Gasteiger partial charge on any atom is -0.375 e. The molecule has 0 unspecified atom stereocenters. The number of anilines is 1. The molecule has 1 aromatic carbocycles. The van der Waals surface area contributed by atoms with Crippen LogP contribution in [0.15, 0.2) is 18.2 Å². The second kappa shape index (κ2) is 4.77. The molecule has 16 heavy (non-hydrogen) atoms. The molecule has 0 saturated heterocycles. The topological polar surface area (TPSA) is 72.6 Å². The molecule has 1 rings (SSSR count). The van der Waals surface area contributed by atoms with E-state index in [0.717, 1.165) is 0 Å². The number of nitrogens with zero attached hydrogens (tertiary/aromatic N) is 1. The van der Waals surface area contributed by atoms with Crippen molar-refractivity contribution in [2.75, 3.05) is 19.0 Å². The van der Waals surface area contributed by atoms with Crippen LogP contribution < -0.4 is 10.0 Å². The zero-order valence-corrected chi connectivity index (χ0v) is 9.79. The van der Waals surface area contributed by atoms with E-state index in [1.165, 1.54) is 12.1 Å². The van der Waals surface area contributed by atoms with Crippen molar-refractivity contribution < 1.29 is 17.0 Å². The number of hydrogen-bond acceptors (Lipinski definition) is 4. The van der Waals surface area contributed by atoms with Crippen LogP contribution in [0, 0.1) is 5.82 Å². The first-order chi connectivity index (χ1) is 7.29. The zero-order chi connectivity index (χ0) is 12.3. The fourth-order valence-corrected chi connectivity index (χ4v) is 1.45. The first-order valence-electron chi connectivity index (χ1n) is 4.42. The van der Waals surface area contributed by atoms with Gasteiger partial charge in [-0.1, -0.05) is 6.07 Å². The van der Waals surface area contributed by atoms with Gasteiger partial charge in [0, 0.05) is 14.1 Å². The first-order valence-corrected chi connectivity index (χ1v) is 5.89. The fraction of sp³-hybridized carbons (Fsp3) is 0.333. The minimum absolute atomic E-state index is 0.274. The summed E-state index contributed by atoms with van der Waals surface area (Å²) in [4.78, 5) is 1.61. The molecule has 0 radical (unpaired) electrons. The molecule has 5 nitrogen and oxygen atoms in total. The van der Waals surface area contributed by atoms with Crippen LogP contribution in [0.1, 0.15) is 5.56 Å². The van der Waals surface area contributed by atoms with Gasteiger partial charge in [0.2, 0.25) is 0 Å². The maximum Gasteiger partial charge on any atom is 0.333 e. The molecule has 0 spiro atoms. The van der Waals surface area contributed by atoms with E-state index in [2.05, 4.69) is 9.32 Å². The predicted molar refractivity (Wildman–Crippen MR) is 58.6 cm³/mol. The molecule has 2 N–H and O–H groups in total. The van der Waals surface area contributed by atoms with Crippen LogP contribution in [-0.2, 0) is 21.1 Å². The first kappa shape index (κ1) is 12.9. The van der Waals surface area contributed by atoms with Gasteiger partial charge in [0.15, 0.2) is 0 Å². The molecular formula is C9H13FN2O3S. The number of rotatable bonds is 4. The quantitative estimate of drug-likeness (QED) is 0.847. The Morgan fingerprint density at radius 1 is 1.44 bits per heavy atom. The summed E-state index contributed by atoms with van der Waals surface area (Å²) in [5, 5.41) is 4.65. The van der Waals surface area contributed by atoms with Gasteiger partial charge in [0.1, 0.15) is 5.82 Å². The van der Waals surface area contributed by atoms with Gasteiger partial charge in [-0.05, 0) is 17.7 Å². The normalized spacial score (nSPS) is 11.5. The van der Waals surface area contributed by atoms with Crippen molar-refractivity contribution in [1.82, 2.24) is 0 Å². The highest BCUT2D eigenvalue weighted by atomic mass is 32.2. The number of hydrogen-bond donors (Lipinski definition) is 1. The average Bonchev–Trinajstić information content (AvgIpc) is 2.13.